The number of carbonyl (C=O) groups is 2. The van der Waals surface area contributed by atoms with E-state index in [1.165, 1.54) is 37.2 Å². The molecule has 0 bridgehead atoms. The second-order valence-electron chi connectivity index (χ2n) is 6.71. The molecule has 0 N–H and O–H groups in total. The molecule has 6 nitrogen and oxygen atoms in total. The molecule has 0 spiro atoms. The molecule has 1 aromatic heterocycles. The summed E-state index contributed by atoms with van der Waals surface area (Å²) < 4.78 is 5.07. The summed E-state index contributed by atoms with van der Waals surface area (Å²) in [4.78, 5) is 36.3. The van der Waals surface area contributed by atoms with Crippen LogP contribution in [0.2, 0.25) is 0 Å². The van der Waals surface area contributed by atoms with Crippen molar-refractivity contribution in [3.8, 4) is 0 Å². The van der Waals surface area contributed by atoms with Gasteiger partial charge in [-0.1, -0.05) is 36.4 Å². The highest BCUT2D eigenvalue weighted by Gasteiger charge is 2.23. The number of ether oxygens (including phenoxy) is 1. The molecule has 2 aromatic rings. The lowest BCUT2D eigenvalue weighted by molar-refractivity contribution is 0.0522. The van der Waals surface area contributed by atoms with E-state index in [0.29, 0.717) is 10.7 Å². The van der Waals surface area contributed by atoms with Gasteiger partial charge in [-0.3, -0.25) is 9.69 Å². The monoisotopic (exact) mass is 399 g/mol. The van der Waals surface area contributed by atoms with E-state index in [1.807, 2.05) is 24.5 Å². The molecule has 1 fully saturated rings. The summed E-state index contributed by atoms with van der Waals surface area (Å²) in [6.45, 7) is 4.96. The third-order valence-electron chi connectivity index (χ3n) is 4.70. The summed E-state index contributed by atoms with van der Waals surface area (Å²) in [6.07, 6.45) is 6.94. The van der Waals surface area contributed by atoms with Gasteiger partial charge in [0.05, 0.1) is 6.61 Å². The quantitative estimate of drug-likeness (QED) is 0.305. The summed E-state index contributed by atoms with van der Waals surface area (Å²) in [5, 5.41) is 0.445. The molecule has 2 heterocycles. The van der Waals surface area contributed by atoms with Crippen LogP contribution >= 0.6 is 11.8 Å². The van der Waals surface area contributed by atoms with Crippen LogP contribution in [0.3, 0.4) is 0 Å². The van der Waals surface area contributed by atoms with E-state index in [1.54, 1.807) is 13.0 Å². The first-order valence-electron chi connectivity index (χ1n) is 9.56. The van der Waals surface area contributed by atoms with E-state index in [2.05, 4.69) is 14.9 Å². The van der Waals surface area contributed by atoms with Gasteiger partial charge in [0.2, 0.25) is 5.78 Å². The third-order valence-corrected chi connectivity index (χ3v) is 5.27. The van der Waals surface area contributed by atoms with E-state index in [-0.39, 0.29) is 23.6 Å². The number of piperidine rings is 1. The maximum atomic E-state index is 13.2. The van der Waals surface area contributed by atoms with Crippen molar-refractivity contribution < 1.29 is 14.3 Å². The SMILES string of the molecule is CCOC(=O)c1cnc(SC)nc1C(=O)c1cccc(CN2CCCCC2)c1. The minimum atomic E-state index is -0.581. The lowest BCUT2D eigenvalue weighted by atomic mass is 10.0. The van der Waals surface area contributed by atoms with Crippen LogP contribution in [0.1, 0.15) is 58.2 Å². The van der Waals surface area contributed by atoms with Crippen molar-refractivity contribution in [2.45, 2.75) is 37.9 Å². The largest absolute Gasteiger partial charge is 0.462 e. The van der Waals surface area contributed by atoms with Crippen LogP contribution in [0, 0.1) is 0 Å². The number of hydrogen-bond donors (Lipinski definition) is 0. The molecule has 0 atom stereocenters. The van der Waals surface area contributed by atoms with Crippen molar-refractivity contribution in [1.82, 2.24) is 14.9 Å². The van der Waals surface area contributed by atoms with Crippen molar-refractivity contribution in [3.63, 3.8) is 0 Å². The predicted octanol–water partition coefficient (Wildman–Crippen LogP) is 3.59. The Bertz CT molecular complexity index is 851. The first kappa shape index (κ1) is 20.5. The smallest absolute Gasteiger partial charge is 0.342 e. The molecule has 148 valence electrons. The lowest BCUT2D eigenvalue weighted by Crippen LogP contribution is -2.29. The first-order valence-corrected chi connectivity index (χ1v) is 10.8. The van der Waals surface area contributed by atoms with Gasteiger partial charge in [0.15, 0.2) is 5.16 Å². The summed E-state index contributed by atoms with van der Waals surface area (Å²) in [5.74, 6) is -0.871. The average Bonchev–Trinajstić information content (AvgIpc) is 2.74. The van der Waals surface area contributed by atoms with Crippen molar-refractivity contribution in [2.75, 3.05) is 26.0 Å². The van der Waals surface area contributed by atoms with E-state index < -0.39 is 5.97 Å². The van der Waals surface area contributed by atoms with Gasteiger partial charge in [-0.25, -0.2) is 14.8 Å². The third kappa shape index (κ3) is 4.97. The van der Waals surface area contributed by atoms with E-state index in [4.69, 9.17) is 4.74 Å². The summed E-state index contributed by atoms with van der Waals surface area (Å²) >= 11 is 1.32. The number of esters is 1. The number of thioether (sulfide) groups is 1. The number of benzene rings is 1. The predicted molar refractivity (Wildman–Crippen MR) is 109 cm³/mol. The Kier molecular flexibility index (Phi) is 7.17. The molecule has 28 heavy (non-hydrogen) atoms. The lowest BCUT2D eigenvalue weighted by Gasteiger charge is -2.26. The van der Waals surface area contributed by atoms with Crippen LogP contribution in [0.25, 0.3) is 0 Å². The molecule has 1 saturated heterocycles. The number of likely N-dealkylation sites (tertiary alicyclic amines) is 1. The van der Waals surface area contributed by atoms with Gasteiger partial charge in [-0.05, 0) is 50.7 Å². The van der Waals surface area contributed by atoms with Crippen molar-refractivity contribution in [3.05, 3.63) is 52.8 Å². The molecule has 0 aliphatic carbocycles. The second-order valence-corrected chi connectivity index (χ2v) is 7.48. The second kappa shape index (κ2) is 9.80. The number of aromatic nitrogens is 2. The molecule has 1 aliphatic heterocycles. The molecular weight excluding hydrogens is 374 g/mol. The molecule has 0 amide bonds. The normalized spacial score (nSPS) is 14.6. The molecule has 0 unspecified atom stereocenters. The molecule has 0 saturated carbocycles. The molecule has 7 heteroatoms. The number of rotatable bonds is 7. The van der Waals surface area contributed by atoms with Gasteiger partial charge < -0.3 is 4.74 Å². The highest BCUT2D eigenvalue weighted by atomic mass is 32.2. The highest BCUT2D eigenvalue weighted by molar-refractivity contribution is 7.98. The fourth-order valence-electron chi connectivity index (χ4n) is 3.32. The Hall–Kier alpha value is -2.25. The zero-order valence-electron chi connectivity index (χ0n) is 16.3. The van der Waals surface area contributed by atoms with Crippen LogP contribution in [-0.4, -0.2) is 52.6 Å². The fourth-order valence-corrected chi connectivity index (χ4v) is 3.66. The van der Waals surface area contributed by atoms with E-state index in [0.717, 1.165) is 25.2 Å². The number of ketones is 1. The van der Waals surface area contributed by atoms with E-state index >= 15 is 0 Å². The zero-order valence-corrected chi connectivity index (χ0v) is 17.1. The molecule has 3 rings (SSSR count). The number of hydrogen-bond acceptors (Lipinski definition) is 7. The standard InChI is InChI=1S/C21H25N3O3S/c1-3-27-20(26)17-13-22-21(28-2)23-18(17)19(25)16-9-7-8-15(12-16)14-24-10-5-4-6-11-24/h7-9,12-13H,3-6,10-11,14H2,1-2H3. The maximum absolute atomic E-state index is 13.2. The molecular formula is C21H25N3O3S. The van der Waals surface area contributed by atoms with E-state index in [9.17, 15) is 9.59 Å². The Morgan fingerprint density at radius 3 is 2.71 bits per heavy atom. The van der Waals surface area contributed by atoms with Crippen LogP contribution in [0.15, 0.2) is 35.6 Å². The summed E-state index contributed by atoms with van der Waals surface area (Å²) in [5.41, 5.74) is 1.80. The van der Waals surface area contributed by atoms with Crippen LogP contribution in [-0.2, 0) is 11.3 Å². The Morgan fingerprint density at radius 2 is 2.00 bits per heavy atom. The first-order chi connectivity index (χ1) is 13.6. The Balaban J connectivity index is 1.88. The summed E-state index contributed by atoms with van der Waals surface area (Å²) in [7, 11) is 0. The van der Waals surface area contributed by atoms with Crippen LogP contribution in [0.4, 0.5) is 0 Å². The van der Waals surface area contributed by atoms with Crippen molar-refractivity contribution in [1.29, 1.82) is 0 Å². The van der Waals surface area contributed by atoms with Gasteiger partial charge in [0, 0.05) is 18.3 Å². The van der Waals surface area contributed by atoms with Gasteiger partial charge in [-0.15, -0.1) is 0 Å². The van der Waals surface area contributed by atoms with Crippen LogP contribution in [0.5, 0.6) is 0 Å². The molecule has 1 aliphatic rings. The Labute approximate surface area is 169 Å². The fraction of sp³-hybridized carbons (Fsp3) is 0.429. The molecule has 0 radical (unpaired) electrons. The zero-order chi connectivity index (χ0) is 19.9. The van der Waals surface area contributed by atoms with Crippen LogP contribution < -0.4 is 0 Å². The Morgan fingerprint density at radius 1 is 1.21 bits per heavy atom. The maximum Gasteiger partial charge on any atom is 0.342 e. The molecule has 1 aromatic carbocycles. The number of carbonyl (C=O) groups excluding carboxylic acids is 2. The van der Waals surface area contributed by atoms with Crippen molar-refractivity contribution >= 4 is 23.5 Å². The number of nitrogens with zero attached hydrogens (tertiary/aromatic N) is 3. The highest BCUT2D eigenvalue weighted by Crippen LogP contribution is 2.19. The van der Waals surface area contributed by atoms with Crippen molar-refractivity contribution in [2.24, 2.45) is 0 Å². The topological polar surface area (TPSA) is 72.4 Å². The van der Waals surface area contributed by atoms with Gasteiger partial charge in [0.25, 0.3) is 0 Å². The van der Waals surface area contributed by atoms with Gasteiger partial charge in [-0.2, -0.15) is 0 Å². The minimum absolute atomic E-state index is 0.0907. The average molecular weight is 400 g/mol. The van der Waals surface area contributed by atoms with Gasteiger partial charge >= 0.3 is 5.97 Å². The minimum Gasteiger partial charge on any atom is -0.462 e. The van der Waals surface area contributed by atoms with Gasteiger partial charge in [0.1, 0.15) is 11.3 Å². The summed E-state index contributed by atoms with van der Waals surface area (Å²) in [6, 6.07) is 7.57.